The highest BCUT2D eigenvalue weighted by Gasteiger charge is 2.48. The number of carbonyl (C=O) groups is 1. The predicted octanol–water partition coefficient (Wildman–Crippen LogP) is 2.36. The van der Waals surface area contributed by atoms with Crippen LogP contribution in [-0.4, -0.2) is 74.4 Å². The Morgan fingerprint density at radius 3 is 2.64 bits per heavy atom. The Balaban J connectivity index is 1.86. The Labute approximate surface area is 168 Å². The second kappa shape index (κ2) is 8.29. The van der Waals surface area contributed by atoms with Crippen LogP contribution in [0.15, 0.2) is 18.2 Å². The minimum atomic E-state index is -0.535. The van der Waals surface area contributed by atoms with Crippen LogP contribution in [-0.2, 0) is 4.79 Å². The summed E-state index contributed by atoms with van der Waals surface area (Å²) in [5.41, 5.74) is 0.666. The van der Waals surface area contributed by atoms with E-state index < -0.39 is 11.5 Å². The Morgan fingerprint density at radius 2 is 2.07 bits per heavy atom. The first-order valence-electron chi connectivity index (χ1n) is 10.2. The van der Waals surface area contributed by atoms with Crippen LogP contribution in [0.25, 0.3) is 0 Å². The first-order valence-corrected chi connectivity index (χ1v) is 10.2. The van der Waals surface area contributed by atoms with Gasteiger partial charge >= 0.3 is 0 Å². The first-order chi connectivity index (χ1) is 13.2. The summed E-state index contributed by atoms with van der Waals surface area (Å²) < 4.78 is 11.5. The van der Waals surface area contributed by atoms with Gasteiger partial charge in [-0.3, -0.25) is 4.79 Å². The van der Waals surface area contributed by atoms with Crippen molar-refractivity contribution in [3.63, 3.8) is 0 Å². The molecule has 0 bridgehead atoms. The van der Waals surface area contributed by atoms with Gasteiger partial charge < -0.3 is 24.4 Å². The molecule has 0 aromatic heterocycles. The molecule has 6 heteroatoms. The number of amides is 1. The molecule has 28 heavy (non-hydrogen) atoms. The number of hydrogen-bond acceptors (Lipinski definition) is 5. The van der Waals surface area contributed by atoms with Crippen molar-refractivity contribution in [1.82, 2.24) is 9.80 Å². The van der Waals surface area contributed by atoms with Crippen LogP contribution < -0.4 is 9.47 Å². The van der Waals surface area contributed by atoms with Gasteiger partial charge in [-0.25, -0.2) is 0 Å². The summed E-state index contributed by atoms with van der Waals surface area (Å²) in [5.74, 6) is 2.26. The maximum atomic E-state index is 12.7. The number of likely N-dealkylation sites (tertiary alicyclic amines) is 1. The molecular weight excluding hydrogens is 356 g/mol. The average Bonchev–Trinajstić information content (AvgIpc) is 3.40. The molecule has 1 saturated heterocycles. The number of carbonyl (C=O) groups excluding carboxylic acids is 1. The van der Waals surface area contributed by atoms with Crippen molar-refractivity contribution in [2.75, 3.05) is 47.4 Å². The number of nitrogens with zero attached hydrogens (tertiary/aromatic N) is 2. The largest absolute Gasteiger partial charge is 0.493 e. The molecule has 0 unspecified atom stereocenters. The van der Waals surface area contributed by atoms with Crippen molar-refractivity contribution in [2.45, 2.75) is 38.7 Å². The molecule has 1 N–H and O–H groups in total. The van der Waals surface area contributed by atoms with Gasteiger partial charge in [-0.1, -0.05) is 13.0 Å². The SMILES string of the molecule is COc1ccc([C@@H]2CN(C(=O)CN(C)C)C[C@@]2(C)[C@@H](C)O)cc1OCC1CC1. The molecule has 3 atom stereocenters. The van der Waals surface area contributed by atoms with Crippen LogP contribution in [0.4, 0.5) is 0 Å². The third-order valence-corrected chi connectivity index (χ3v) is 6.25. The highest BCUT2D eigenvalue weighted by atomic mass is 16.5. The van der Waals surface area contributed by atoms with E-state index in [1.807, 2.05) is 49.0 Å². The molecule has 156 valence electrons. The molecule has 1 aromatic carbocycles. The minimum absolute atomic E-state index is 0.0350. The van der Waals surface area contributed by atoms with E-state index >= 15 is 0 Å². The van der Waals surface area contributed by atoms with E-state index in [1.165, 1.54) is 12.8 Å². The van der Waals surface area contributed by atoms with Crippen LogP contribution in [0.3, 0.4) is 0 Å². The number of aliphatic hydroxyl groups excluding tert-OH is 1. The lowest BCUT2D eigenvalue weighted by Gasteiger charge is -2.34. The van der Waals surface area contributed by atoms with Crippen molar-refractivity contribution >= 4 is 5.91 Å². The van der Waals surface area contributed by atoms with Gasteiger partial charge in [0.1, 0.15) is 0 Å². The molecule has 2 fully saturated rings. The van der Waals surface area contributed by atoms with Crippen LogP contribution in [0.1, 0.15) is 38.2 Å². The zero-order valence-corrected chi connectivity index (χ0v) is 17.8. The first kappa shape index (κ1) is 20.9. The number of likely N-dealkylation sites (N-methyl/N-ethyl adjacent to an activating group) is 1. The van der Waals surface area contributed by atoms with Crippen molar-refractivity contribution in [1.29, 1.82) is 0 Å². The lowest BCUT2D eigenvalue weighted by atomic mass is 9.72. The molecule has 1 aliphatic heterocycles. The zero-order valence-electron chi connectivity index (χ0n) is 17.8. The number of aliphatic hydroxyl groups is 1. The number of rotatable bonds is 8. The van der Waals surface area contributed by atoms with Crippen LogP contribution in [0, 0.1) is 11.3 Å². The highest BCUT2D eigenvalue weighted by Crippen LogP contribution is 2.47. The smallest absolute Gasteiger partial charge is 0.236 e. The second-order valence-electron chi connectivity index (χ2n) is 8.91. The summed E-state index contributed by atoms with van der Waals surface area (Å²) >= 11 is 0. The van der Waals surface area contributed by atoms with Crippen LogP contribution >= 0.6 is 0 Å². The number of benzene rings is 1. The molecule has 6 nitrogen and oxygen atoms in total. The molecule has 2 aliphatic rings. The molecule has 1 aromatic rings. The average molecular weight is 391 g/mol. The third kappa shape index (κ3) is 4.44. The summed E-state index contributed by atoms with van der Waals surface area (Å²) in [6, 6.07) is 6.00. The quantitative estimate of drug-likeness (QED) is 0.738. The summed E-state index contributed by atoms with van der Waals surface area (Å²) in [4.78, 5) is 16.4. The van der Waals surface area contributed by atoms with Crippen LogP contribution in [0.5, 0.6) is 11.5 Å². The Kier molecular flexibility index (Phi) is 6.20. The van der Waals surface area contributed by atoms with Crippen molar-refractivity contribution < 1.29 is 19.4 Å². The standard InChI is InChI=1S/C22H34N2O4/c1-15(25)22(2)14-24(21(26)12-23(3)4)11-18(22)17-8-9-19(27-5)20(10-17)28-13-16-6-7-16/h8-10,15-16,18,25H,6-7,11-14H2,1-5H3/t15-,18+,22+/m1/s1. The van der Waals surface area contributed by atoms with E-state index in [9.17, 15) is 9.90 Å². The van der Waals surface area contributed by atoms with E-state index in [0.717, 1.165) is 17.1 Å². The van der Waals surface area contributed by atoms with Gasteiger partial charge in [-0.15, -0.1) is 0 Å². The van der Waals surface area contributed by atoms with Gasteiger partial charge in [0.15, 0.2) is 11.5 Å². The molecular formula is C22H34N2O4. The maximum absolute atomic E-state index is 12.7. The number of hydrogen-bond donors (Lipinski definition) is 1. The molecule has 1 heterocycles. The normalized spacial score (nSPS) is 25.8. The zero-order chi connectivity index (χ0) is 20.5. The van der Waals surface area contributed by atoms with Gasteiger partial charge in [-0.05, 0) is 57.5 Å². The second-order valence-corrected chi connectivity index (χ2v) is 8.91. The van der Waals surface area contributed by atoms with Crippen molar-refractivity contribution in [3.8, 4) is 11.5 Å². The van der Waals surface area contributed by atoms with E-state index in [-0.39, 0.29) is 11.8 Å². The fourth-order valence-corrected chi connectivity index (χ4v) is 4.00. The van der Waals surface area contributed by atoms with E-state index in [1.54, 1.807) is 7.11 Å². The Morgan fingerprint density at radius 1 is 1.36 bits per heavy atom. The topological polar surface area (TPSA) is 62.2 Å². The lowest BCUT2D eigenvalue weighted by molar-refractivity contribution is -0.131. The third-order valence-electron chi connectivity index (χ3n) is 6.25. The molecule has 1 saturated carbocycles. The van der Waals surface area contributed by atoms with E-state index in [0.29, 0.717) is 32.2 Å². The number of ether oxygens (including phenoxy) is 2. The molecule has 1 aliphatic carbocycles. The lowest BCUT2D eigenvalue weighted by Crippen LogP contribution is -2.40. The Hall–Kier alpha value is -1.79. The molecule has 1 amide bonds. The Bertz CT molecular complexity index is 702. The number of methoxy groups -OCH3 is 1. The van der Waals surface area contributed by atoms with Crippen molar-refractivity contribution in [3.05, 3.63) is 23.8 Å². The fraction of sp³-hybridized carbons (Fsp3) is 0.682. The van der Waals surface area contributed by atoms with Gasteiger partial charge in [0, 0.05) is 24.4 Å². The van der Waals surface area contributed by atoms with Gasteiger partial charge in [-0.2, -0.15) is 0 Å². The fourth-order valence-electron chi connectivity index (χ4n) is 4.00. The highest BCUT2D eigenvalue weighted by molar-refractivity contribution is 5.78. The molecule has 0 spiro atoms. The maximum Gasteiger partial charge on any atom is 0.236 e. The summed E-state index contributed by atoms with van der Waals surface area (Å²) in [6.45, 7) is 6.13. The molecule has 3 rings (SSSR count). The molecule has 0 radical (unpaired) electrons. The van der Waals surface area contributed by atoms with Gasteiger partial charge in [0.05, 0.1) is 26.4 Å². The summed E-state index contributed by atoms with van der Waals surface area (Å²) in [7, 11) is 5.44. The van der Waals surface area contributed by atoms with Gasteiger partial charge in [0.25, 0.3) is 0 Å². The van der Waals surface area contributed by atoms with E-state index in [2.05, 4.69) is 6.92 Å². The minimum Gasteiger partial charge on any atom is -0.493 e. The predicted molar refractivity (Wildman–Crippen MR) is 109 cm³/mol. The summed E-state index contributed by atoms with van der Waals surface area (Å²) in [5, 5.41) is 10.6. The van der Waals surface area contributed by atoms with Crippen LogP contribution in [0.2, 0.25) is 0 Å². The monoisotopic (exact) mass is 390 g/mol. The van der Waals surface area contributed by atoms with Gasteiger partial charge in [0.2, 0.25) is 5.91 Å². The van der Waals surface area contributed by atoms with Crippen molar-refractivity contribution in [2.24, 2.45) is 11.3 Å². The summed E-state index contributed by atoms with van der Waals surface area (Å²) in [6.07, 6.45) is 1.93. The van der Waals surface area contributed by atoms with E-state index in [4.69, 9.17) is 9.47 Å².